The van der Waals surface area contributed by atoms with Crippen LogP contribution in [0.4, 0.5) is 17.6 Å². The normalized spacial score (nSPS) is 13.4. The first-order valence-corrected chi connectivity index (χ1v) is 10.8. The second kappa shape index (κ2) is 10.2. The predicted octanol–water partition coefficient (Wildman–Crippen LogP) is 4.84. The third-order valence-electron chi connectivity index (χ3n) is 5.52. The lowest BCUT2D eigenvalue weighted by Crippen LogP contribution is -2.20. The molecule has 178 valence electrons. The van der Waals surface area contributed by atoms with Gasteiger partial charge in [0.15, 0.2) is 0 Å². The summed E-state index contributed by atoms with van der Waals surface area (Å²) in [6, 6.07) is 11.3. The second-order valence-electron chi connectivity index (χ2n) is 7.93. The largest absolute Gasteiger partial charge is 0.487 e. The van der Waals surface area contributed by atoms with Crippen molar-refractivity contribution in [3.8, 4) is 5.75 Å². The van der Waals surface area contributed by atoms with Gasteiger partial charge in [-0.05, 0) is 53.8 Å². The van der Waals surface area contributed by atoms with E-state index in [1.807, 2.05) is 18.2 Å². The number of allylic oxidation sites excluding steroid dienone is 1. The zero-order chi connectivity index (χ0) is 24.1. The van der Waals surface area contributed by atoms with E-state index < -0.39 is 18.4 Å². The van der Waals surface area contributed by atoms with E-state index in [4.69, 9.17) is 4.74 Å². The van der Waals surface area contributed by atoms with Crippen molar-refractivity contribution in [2.45, 2.75) is 32.2 Å². The summed E-state index contributed by atoms with van der Waals surface area (Å²) in [5.41, 5.74) is 3.40. The number of pyridine rings is 2. The van der Waals surface area contributed by atoms with Crippen LogP contribution in [0.15, 0.2) is 59.7 Å². The van der Waals surface area contributed by atoms with Crippen LogP contribution >= 0.6 is 0 Å². The summed E-state index contributed by atoms with van der Waals surface area (Å²) >= 11 is 0. The zero-order valence-electron chi connectivity index (χ0n) is 18.2. The molecule has 0 amide bonds. The number of nitrogens with one attached hydrogen (secondary N) is 1. The third-order valence-corrected chi connectivity index (χ3v) is 5.52. The minimum absolute atomic E-state index is 0.0554. The minimum atomic E-state index is -4.44. The maximum atomic E-state index is 12.7. The van der Waals surface area contributed by atoms with E-state index in [0.29, 0.717) is 31.0 Å². The van der Waals surface area contributed by atoms with Crippen molar-refractivity contribution in [1.29, 1.82) is 0 Å². The number of ether oxygens (including phenoxy) is 1. The molecule has 0 unspecified atom stereocenters. The Morgan fingerprint density at radius 1 is 1.09 bits per heavy atom. The number of aryl methyl sites for hydroxylation is 1. The van der Waals surface area contributed by atoms with Crippen LogP contribution in [0.1, 0.15) is 34.4 Å². The highest BCUT2D eigenvalue weighted by atomic mass is 19.4. The number of rotatable bonds is 8. The van der Waals surface area contributed by atoms with Crippen LogP contribution in [0.3, 0.4) is 0 Å². The summed E-state index contributed by atoms with van der Waals surface area (Å²) in [6.07, 6.45) is 1.39. The molecule has 0 atom stereocenters. The summed E-state index contributed by atoms with van der Waals surface area (Å²) in [5.74, 6) is 0.310. The molecule has 1 N–H and O–H groups in total. The molecule has 5 nitrogen and oxygen atoms in total. The van der Waals surface area contributed by atoms with Gasteiger partial charge in [-0.3, -0.25) is 14.3 Å². The number of nitrogens with zero attached hydrogens (tertiary/aromatic N) is 2. The molecule has 1 aliphatic rings. The van der Waals surface area contributed by atoms with E-state index in [9.17, 15) is 22.4 Å². The SMILES string of the molecule is O=c1cc(OCc2ccc(C(F)(F)F)cn2)ccn1C1=Cc2ccc(CNCCF)cc2CC1. The molecule has 0 fully saturated rings. The fourth-order valence-corrected chi connectivity index (χ4v) is 3.75. The molecule has 3 aromatic rings. The molecule has 0 radical (unpaired) electrons. The van der Waals surface area contributed by atoms with Gasteiger partial charge in [-0.25, -0.2) is 4.39 Å². The highest BCUT2D eigenvalue weighted by Gasteiger charge is 2.30. The van der Waals surface area contributed by atoms with Crippen molar-refractivity contribution < 1.29 is 22.3 Å². The number of hydrogen-bond acceptors (Lipinski definition) is 4. The van der Waals surface area contributed by atoms with Gasteiger partial charge in [-0.2, -0.15) is 13.2 Å². The molecular weight excluding hydrogens is 450 g/mol. The third kappa shape index (κ3) is 5.72. The van der Waals surface area contributed by atoms with Crippen LogP contribution in [0.25, 0.3) is 11.8 Å². The van der Waals surface area contributed by atoms with Gasteiger partial charge in [0.05, 0.1) is 11.3 Å². The molecular formula is C25H23F4N3O2. The number of halogens is 4. The molecule has 0 aliphatic heterocycles. The molecule has 1 aromatic carbocycles. The topological polar surface area (TPSA) is 56.1 Å². The average Bonchev–Trinajstić information content (AvgIpc) is 2.82. The van der Waals surface area contributed by atoms with E-state index in [0.717, 1.165) is 35.5 Å². The first-order chi connectivity index (χ1) is 16.3. The summed E-state index contributed by atoms with van der Waals surface area (Å²) in [7, 11) is 0. The number of hydrogen-bond donors (Lipinski definition) is 1. The lowest BCUT2D eigenvalue weighted by atomic mass is 9.93. The van der Waals surface area contributed by atoms with Crippen LogP contribution in [-0.4, -0.2) is 22.8 Å². The van der Waals surface area contributed by atoms with Crippen molar-refractivity contribution in [2.75, 3.05) is 13.2 Å². The maximum absolute atomic E-state index is 12.7. The van der Waals surface area contributed by atoms with Crippen LogP contribution in [0, 0.1) is 0 Å². The van der Waals surface area contributed by atoms with Gasteiger partial charge in [0.1, 0.15) is 19.0 Å². The van der Waals surface area contributed by atoms with E-state index in [1.165, 1.54) is 17.7 Å². The quantitative estimate of drug-likeness (QED) is 0.376. The first kappa shape index (κ1) is 23.7. The van der Waals surface area contributed by atoms with E-state index in [-0.39, 0.29) is 12.2 Å². The number of benzene rings is 1. The fraction of sp³-hybridized carbons (Fsp3) is 0.280. The van der Waals surface area contributed by atoms with Crippen molar-refractivity contribution in [2.24, 2.45) is 0 Å². The molecule has 0 bridgehead atoms. The zero-order valence-corrected chi connectivity index (χ0v) is 18.2. The van der Waals surface area contributed by atoms with E-state index in [1.54, 1.807) is 16.8 Å². The van der Waals surface area contributed by atoms with Crippen molar-refractivity contribution in [1.82, 2.24) is 14.9 Å². The van der Waals surface area contributed by atoms with Gasteiger partial charge in [0.25, 0.3) is 5.56 Å². The van der Waals surface area contributed by atoms with Crippen molar-refractivity contribution in [3.05, 3.63) is 93.2 Å². The lowest BCUT2D eigenvalue weighted by molar-refractivity contribution is -0.137. The van der Waals surface area contributed by atoms with Gasteiger partial charge in [0.2, 0.25) is 0 Å². The molecule has 1 aliphatic carbocycles. The highest BCUT2D eigenvalue weighted by Crippen LogP contribution is 2.29. The molecule has 2 heterocycles. The molecule has 0 spiro atoms. The molecule has 0 saturated carbocycles. The van der Waals surface area contributed by atoms with Gasteiger partial charge < -0.3 is 10.1 Å². The van der Waals surface area contributed by atoms with Gasteiger partial charge >= 0.3 is 6.18 Å². The van der Waals surface area contributed by atoms with Gasteiger partial charge in [-0.15, -0.1) is 0 Å². The highest BCUT2D eigenvalue weighted by molar-refractivity contribution is 5.75. The van der Waals surface area contributed by atoms with E-state index >= 15 is 0 Å². The Hall–Kier alpha value is -3.46. The van der Waals surface area contributed by atoms with Gasteiger partial charge in [0, 0.05) is 37.2 Å². The smallest absolute Gasteiger partial charge is 0.417 e. The Kier molecular flexibility index (Phi) is 7.12. The Balaban J connectivity index is 1.42. The standard InChI is InChI=1S/C25H23F4N3O2/c26-8-9-30-14-17-1-2-19-12-22(6-3-18(19)11-17)32-10-7-23(13-24(32)33)34-16-21-5-4-20(15-31-21)25(27,28)29/h1-2,4-5,7,10-13,15,30H,3,6,8-9,14,16H2. The van der Waals surface area contributed by atoms with Crippen molar-refractivity contribution in [3.63, 3.8) is 0 Å². The fourth-order valence-electron chi connectivity index (χ4n) is 3.75. The van der Waals surface area contributed by atoms with Crippen LogP contribution in [0.5, 0.6) is 5.75 Å². The Morgan fingerprint density at radius 2 is 1.94 bits per heavy atom. The molecule has 34 heavy (non-hydrogen) atoms. The monoisotopic (exact) mass is 473 g/mol. The number of aromatic nitrogens is 2. The van der Waals surface area contributed by atoms with Crippen LogP contribution < -0.4 is 15.6 Å². The predicted molar refractivity (Wildman–Crippen MR) is 121 cm³/mol. The Bertz CT molecular complexity index is 1230. The molecule has 4 rings (SSSR count). The van der Waals surface area contributed by atoms with Gasteiger partial charge in [-0.1, -0.05) is 18.2 Å². The van der Waals surface area contributed by atoms with Crippen molar-refractivity contribution >= 4 is 11.8 Å². The lowest BCUT2D eigenvalue weighted by Gasteiger charge is -2.19. The summed E-state index contributed by atoms with van der Waals surface area (Å²) in [4.78, 5) is 16.4. The first-order valence-electron chi connectivity index (χ1n) is 10.8. The maximum Gasteiger partial charge on any atom is 0.417 e. The Morgan fingerprint density at radius 3 is 2.65 bits per heavy atom. The molecule has 9 heteroatoms. The summed E-state index contributed by atoms with van der Waals surface area (Å²) < 4.78 is 57.3. The number of alkyl halides is 4. The summed E-state index contributed by atoms with van der Waals surface area (Å²) in [5, 5.41) is 3.04. The second-order valence-corrected chi connectivity index (χ2v) is 7.93. The number of fused-ring (bicyclic) bond motifs is 1. The Labute approximate surface area is 193 Å². The molecule has 2 aromatic heterocycles. The molecule has 0 saturated heterocycles. The van der Waals surface area contributed by atoms with Crippen LogP contribution in [0.2, 0.25) is 0 Å². The minimum Gasteiger partial charge on any atom is -0.487 e. The average molecular weight is 473 g/mol. The van der Waals surface area contributed by atoms with E-state index in [2.05, 4.69) is 16.4 Å². The van der Waals surface area contributed by atoms with Crippen LogP contribution in [-0.2, 0) is 25.7 Å². The summed E-state index contributed by atoms with van der Waals surface area (Å²) in [6.45, 7) is 0.475.